The summed E-state index contributed by atoms with van der Waals surface area (Å²) in [4.78, 5) is 27.0. The lowest BCUT2D eigenvalue weighted by molar-refractivity contribution is -0.150. The number of hydrogen-bond donors (Lipinski definition) is 2. The van der Waals surface area contributed by atoms with E-state index in [0.717, 1.165) is 30.5 Å². The molecule has 0 aromatic heterocycles. The van der Waals surface area contributed by atoms with Gasteiger partial charge in [-0.05, 0) is 55.0 Å². The Morgan fingerprint density at radius 1 is 1.00 bits per heavy atom. The second-order valence-corrected chi connectivity index (χ2v) is 9.81. The Morgan fingerprint density at radius 2 is 1.68 bits per heavy atom. The molecule has 0 saturated heterocycles. The molecule has 0 fully saturated rings. The van der Waals surface area contributed by atoms with Crippen LogP contribution in [0.5, 0.6) is 5.75 Å². The maximum absolute atomic E-state index is 13.2. The summed E-state index contributed by atoms with van der Waals surface area (Å²) < 4.78 is 50.5. The Hall–Kier alpha value is -3.11. The maximum Gasteiger partial charge on any atom is 0.416 e. The summed E-state index contributed by atoms with van der Waals surface area (Å²) in [5.41, 5.74) is 6.97. The molecule has 10 heteroatoms. The van der Waals surface area contributed by atoms with E-state index in [2.05, 4.69) is 5.32 Å². The molecule has 3 N–H and O–H groups in total. The lowest BCUT2D eigenvalue weighted by atomic mass is 9.99. The molecule has 0 aliphatic carbocycles. The second kappa shape index (κ2) is 16.9. The van der Waals surface area contributed by atoms with Gasteiger partial charge in [-0.1, -0.05) is 44.2 Å². The minimum absolute atomic E-state index is 0.00857. The SMILES string of the molecule is CCCN(CCC)C(=O)CCCC(=O)OC(CNCc1cccc(OC)c1)C(N)Cc1cccc(C(F)(F)F)c1. The van der Waals surface area contributed by atoms with Gasteiger partial charge in [-0.15, -0.1) is 0 Å². The zero-order valence-electron chi connectivity index (χ0n) is 23.6. The van der Waals surface area contributed by atoms with Crippen LogP contribution in [0.3, 0.4) is 0 Å². The van der Waals surface area contributed by atoms with Crippen molar-refractivity contribution in [2.75, 3.05) is 26.7 Å². The van der Waals surface area contributed by atoms with E-state index >= 15 is 0 Å². The number of alkyl halides is 3. The summed E-state index contributed by atoms with van der Waals surface area (Å²) in [5, 5.41) is 3.22. The third-order valence-electron chi connectivity index (χ3n) is 6.41. The smallest absolute Gasteiger partial charge is 0.416 e. The van der Waals surface area contributed by atoms with Gasteiger partial charge in [0.2, 0.25) is 5.91 Å². The van der Waals surface area contributed by atoms with Crippen LogP contribution in [-0.2, 0) is 33.5 Å². The third kappa shape index (κ3) is 11.6. The van der Waals surface area contributed by atoms with Gasteiger partial charge in [-0.2, -0.15) is 13.2 Å². The van der Waals surface area contributed by atoms with Crippen molar-refractivity contribution in [3.05, 3.63) is 65.2 Å². The van der Waals surface area contributed by atoms with Crippen molar-refractivity contribution in [3.8, 4) is 5.75 Å². The third-order valence-corrected chi connectivity index (χ3v) is 6.41. The lowest BCUT2D eigenvalue weighted by Crippen LogP contribution is -2.46. The highest BCUT2D eigenvalue weighted by Crippen LogP contribution is 2.29. The predicted octanol–water partition coefficient (Wildman–Crippen LogP) is 5.10. The number of amides is 1. The monoisotopic (exact) mass is 565 g/mol. The molecule has 222 valence electrons. The molecule has 0 spiro atoms. The summed E-state index contributed by atoms with van der Waals surface area (Å²) in [6, 6.07) is 11.7. The fraction of sp³-hybridized carbons (Fsp3) is 0.533. The number of benzene rings is 2. The molecule has 2 rings (SSSR count). The normalized spacial score (nSPS) is 13.0. The number of rotatable bonds is 17. The van der Waals surface area contributed by atoms with Gasteiger partial charge >= 0.3 is 12.1 Å². The summed E-state index contributed by atoms with van der Waals surface area (Å²) in [7, 11) is 1.58. The average molecular weight is 566 g/mol. The molecule has 1 amide bonds. The van der Waals surface area contributed by atoms with Crippen molar-refractivity contribution in [1.82, 2.24) is 10.2 Å². The molecule has 0 saturated carbocycles. The Bertz CT molecular complexity index is 1060. The molecule has 0 aliphatic heterocycles. The summed E-state index contributed by atoms with van der Waals surface area (Å²) in [6.45, 7) is 6.03. The Morgan fingerprint density at radius 3 is 2.33 bits per heavy atom. The van der Waals surface area contributed by atoms with Crippen LogP contribution < -0.4 is 15.8 Å². The molecule has 2 unspecified atom stereocenters. The molecule has 40 heavy (non-hydrogen) atoms. The molecular weight excluding hydrogens is 523 g/mol. The molecule has 2 aromatic carbocycles. The number of nitrogens with one attached hydrogen (secondary N) is 1. The van der Waals surface area contributed by atoms with Crippen LogP contribution in [0.4, 0.5) is 13.2 Å². The number of esters is 1. The van der Waals surface area contributed by atoms with E-state index < -0.39 is 29.9 Å². The lowest BCUT2D eigenvalue weighted by Gasteiger charge is -2.25. The highest BCUT2D eigenvalue weighted by atomic mass is 19.4. The van der Waals surface area contributed by atoms with Crippen molar-refractivity contribution < 1.29 is 32.2 Å². The standard InChI is InChI=1S/C30H42F3N3O4/c1-4-15-36(16-5-2)28(37)13-8-14-29(38)40-27(21-35-20-23-10-7-12-25(18-23)39-3)26(34)19-22-9-6-11-24(17-22)30(31,32)33/h6-7,9-12,17-18,26-27,35H,4-5,8,13-16,19-21,34H2,1-3H3. The minimum Gasteiger partial charge on any atom is -0.497 e. The van der Waals surface area contributed by atoms with Gasteiger partial charge in [-0.3, -0.25) is 9.59 Å². The van der Waals surface area contributed by atoms with Crippen molar-refractivity contribution in [3.63, 3.8) is 0 Å². The van der Waals surface area contributed by atoms with Gasteiger partial charge in [0, 0.05) is 45.1 Å². The zero-order valence-corrected chi connectivity index (χ0v) is 23.6. The van der Waals surface area contributed by atoms with E-state index in [9.17, 15) is 22.8 Å². The number of nitrogens with zero attached hydrogens (tertiary/aromatic N) is 1. The number of carbonyl (C=O) groups excluding carboxylic acids is 2. The first-order valence-corrected chi connectivity index (χ1v) is 13.8. The Labute approximate surface area is 235 Å². The number of carbonyl (C=O) groups is 2. The summed E-state index contributed by atoms with van der Waals surface area (Å²) in [5.74, 6) is 0.210. The number of hydrogen-bond acceptors (Lipinski definition) is 6. The van der Waals surface area contributed by atoms with Gasteiger partial charge in [0.05, 0.1) is 12.7 Å². The van der Waals surface area contributed by atoms with Crippen molar-refractivity contribution in [2.24, 2.45) is 5.73 Å². The van der Waals surface area contributed by atoms with E-state index in [1.54, 1.807) is 13.2 Å². The topological polar surface area (TPSA) is 93.9 Å². The average Bonchev–Trinajstić information content (AvgIpc) is 2.92. The highest BCUT2D eigenvalue weighted by Gasteiger charge is 2.31. The van der Waals surface area contributed by atoms with E-state index in [-0.39, 0.29) is 31.7 Å². The first-order chi connectivity index (χ1) is 19.1. The van der Waals surface area contributed by atoms with Crippen LogP contribution in [0, 0.1) is 0 Å². The van der Waals surface area contributed by atoms with Gasteiger partial charge in [0.25, 0.3) is 0 Å². The Balaban J connectivity index is 2.03. The fourth-order valence-corrected chi connectivity index (χ4v) is 4.37. The summed E-state index contributed by atoms with van der Waals surface area (Å²) >= 11 is 0. The fourth-order valence-electron chi connectivity index (χ4n) is 4.37. The zero-order chi connectivity index (χ0) is 29.5. The first kappa shape index (κ1) is 33.1. The molecule has 0 aliphatic rings. The number of ether oxygens (including phenoxy) is 2. The number of nitrogens with two attached hydrogens (primary N) is 1. The molecule has 2 atom stereocenters. The molecule has 2 aromatic rings. The predicted molar refractivity (Wildman–Crippen MR) is 149 cm³/mol. The van der Waals surface area contributed by atoms with Crippen molar-refractivity contribution in [1.29, 1.82) is 0 Å². The van der Waals surface area contributed by atoms with Crippen LogP contribution in [-0.4, -0.2) is 55.7 Å². The largest absolute Gasteiger partial charge is 0.497 e. The first-order valence-electron chi connectivity index (χ1n) is 13.8. The molecule has 7 nitrogen and oxygen atoms in total. The van der Waals surface area contributed by atoms with Crippen LogP contribution >= 0.6 is 0 Å². The number of halogens is 3. The van der Waals surface area contributed by atoms with E-state index in [1.165, 1.54) is 6.07 Å². The van der Waals surface area contributed by atoms with E-state index in [1.807, 2.05) is 43.0 Å². The molecule has 0 bridgehead atoms. The van der Waals surface area contributed by atoms with Gasteiger partial charge < -0.3 is 25.4 Å². The molecule has 0 heterocycles. The Kier molecular flexibility index (Phi) is 14.0. The number of methoxy groups -OCH3 is 1. The van der Waals surface area contributed by atoms with Gasteiger partial charge in [0.1, 0.15) is 11.9 Å². The van der Waals surface area contributed by atoms with E-state index in [0.29, 0.717) is 37.4 Å². The molecule has 0 radical (unpaired) electrons. The van der Waals surface area contributed by atoms with Crippen LogP contribution in [0.25, 0.3) is 0 Å². The summed E-state index contributed by atoms with van der Waals surface area (Å²) in [6.07, 6.45) is -2.82. The van der Waals surface area contributed by atoms with Crippen molar-refractivity contribution in [2.45, 2.75) is 77.2 Å². The highest BCUT2D eigenvalue weighted by molar-refractivity contribution is 5.77. The van der Waals surface area contributed by atoms with Crippen LogP contribution in [0.15, 0.2) is 48.5 Å². The minimum atomic E-state index is -4.47. The quantitative estimate of drug-likeness (QED) is 0.259. The van der Waals surface area contributed by atoms with Crippen LogP contribution in [0.2, 0.25) is 0 Å². The maximum atomic E-state index is 13.2. The second-order valence-electron chi connectivity index (χ2n) is 9.81. The van der Waals surface area contributed by atoms with Gasteiger partial charge in [0.15, 0.2) is 0 Å². The van der Waals surface area contributed by atoms with Crippen LogP contribution in [0.1, 0.15) is 62.6 Å². The van der Waals surface area contributed by atoms with Crippen molar-refractivity contribution >= 4 is 11.9 Å². The van der Waals surface area contributed by atoms with E-state index in [4.69, 9.17) is 15.2 Å². The van der Waals surface area contributed by atoms with Gasteiger partial charge in [-0.25, -0.2) is 0 Å². The molecular formula is C30H42F3N3O4.